The first-order valence-electron chi connectivity index (χ1n) is 5.32. The van der Waals surface area contributed by atoms with Crippen molar-refractivity contribution < 1.29 is 15.0 Å². The quantitative estimate of drug-likeness (QED) is 0.811. The minimum Gasteiger partial charge on any atom is -0.479 e. The summed E-state index contributed by atoms with van der Waals surface area (Å²) in [5.74, 6) is -1.38. The Labute approximate surface area is 102 Å². The molecule has 94 valence electrons. The number of fused-ring (bicyclic) bond motifs is 1. The van der Waals surface area contributed by atoms with E-state index in [2.05, 4.69) is 4.98 Å². The zero-order valence-corrected chi connectivity index (χ0v) is 9.70. The summed E-state index contributed by atoms with van der Waals surface area (Å²) >= 11 is 0. The molecule has 0 saturated heterocycles. The van der Waals surface area contributed by atoms with Crippen molar-refractivity contribution in [3.63, 3.8) is 0 Å². The van der Waals surface area contributed by atoms with Crippen LogP contribution >= 0.6 is 0 Å². The zero-order chi connectivity index (χ0) is 13.3. The Morgan fingerprint density at radius 3 is 2.78 bits per heavy atom. The second-order valence-electron chi connectivity index (χ2n) is 4.25. The van der Waals surface area contributed by atoms with Crippen molar-refractivity contribution in [2.45, 2.75) is 19.1 Å². The number of hydrogen-bond donors (Lipinski definition) is 2. The molecular weight excluding hydrogens is 236 g/mol. The van der Waals surface area contributed by atoms with Gasteiger partial charge in [0, 0.05) is 0 Å². The predicted octanol–water partition coefficient (Wildman–Crippen LogP) is 0.232. The molecule has 2 N–H and O–H groups in total. The predicted molar refractivity (Wildman–Crippen MR) is 64.3 cm³/mol. The van der Waals surface area contributed by atoms with Gasteiger partial charge in [0.25, 0.3) is 5.56 Å². The number of nitrogens with zero attached hydrogens (tertiary/aromatic N) is 2. The standard InChI is InChI=1S/C12H12N2O4/c1-12(18,11(16)17)7-14-9-5-3-2-4-8(9)13-6-10(14)15/h2-6,18H,7H2,1H3,(H,16,17). The van der Waals surface area contributed by atoms with Gasteiger partial charge in [0.2, 0.25) is 0 Å². The monoisotopic (exact) mass is 248 g/mol. The van der Waals surface area contributed by atoms with Crippen LogP contribution in [-0.4, -0.2) is 31.3 Å². The molecule has 0 fully saturated rings. The number of benzene rings is 1. The number of aromatic nitrogens is 2. The number of aliphatic carboxylic acids is 1. The van der Waals surface area contributed by atoms with Crippen LogP contribution in [0.15, 0.2) is 35.3 Å². The van der Waals surface area contributed by atoms with E-state index in [-0.39, 0.29) is 6.54 Å². The summed E-state index contributed by atoms with van der Waals surface area (Å²) in [5.41, 5.74) is -1.39. The summed E-state index contributed by atoms with van der Waals surface area (Å²) in [6.45, 7) is 0.821. The fraction of sp³-hybridized carbons (Fsp3) is 0.250. The Hall–Kier alpha value is -2.21. The molecule has 0 bridgehead atoms. The van der Waals surface area contributed by atoms with Gasteiger partial charge < -0.3 is 14.8 Å². The number of aliphatic hydroxyl groups is 1. The Morgan fingerprint density at radius 1 is 1.44 bits per heavy atom. The first-order chi connectivity index (χ1) is 8.42. The van der Waals surface area contributed by atoms with Gasteiger partial charge in [-0.3, -0.25) is 4.79 Å². The van der Waals surface area contributed by atoms with Gasteiger partial charge in [0.05, 0.1) is 23.8 Å². The Balaban J connectivity index is 2.60. The molecule has 6 heteroatoms. The molecule has 1 aromatic heterocycles. The lowest BCUT2D eigenvalue weighted by molar-refractivity contribution is -0.157. The SMILES string of the molecule is CC(O)(Cn1c(=O)cnc2ccccc21)C(=O)O. The van der Waals surface area contributed by atoms with Gasteiger partial charge in [-0.25, -0.2) is 9.78 Å². The van der Waals surface area contributed by atoms with Crippen molar-refractivity contribution in [2.24, 2.45) is 0 Å². The maximum absolute atomic E-state index is 11.7. The fourth-order valence-corrected chi connectivity index (χ4v) is 1.65. The van der Waals surface area contributed by atoms with Crippen molar-refractivity contribution in [1.29, 1.82) is 0 Å². The highest BCUT2D eigenvalue weighted by Crippen LogP contribution is 2.12. The first-order valence-corrected chi connectivity index (χ1v) is 5.32. The van der Waals surface area contributed by atoms with E-state index in [1.165, 1.54) is 4.57 Å². The molecule has 6 nitrogen and oxygen atoms in total. The topological polar surface area (TPSA) is 92.4 Å². The average Bonchev–Trinajstić information content (AvgIpc) is 2.32. The lowest BCUT2D eigenvalue weighted by Gasteiger charge is -2.20. The number of carboxylic acid groups (broad SMARTS) is 1. The molecule has 0 aliphatic rings. The van der Waals surface area contributed by atoms with Crippen molar-refractivity contribution in [3.8, 4) is 0 Å². The second-order valence-corrected chi connectivity index (χ2v) is 4.25. The van der Waals surface area contributed by atoms with Crippen LogP contribution in [0.25, 0.3) is 11.0 Å². The summed E-state index contributed by atoms with van der Waals surface area (Å²) in [6.07, 6.45) is 1.11. The van der Waals surface area contributed by atoms with Gasteiger partial charge in [-0.1, -0.05) is 12.1 Å². The molecule has 0 aliphatic heterocycles. The molecule has 0 amide bonds. The number of rotatable bonds is 3. The second kappa shape index (κ2) is 4.23. The van der Waals surface area contributed by atoms with Gasteiger partial charge in [0.15, 0.2) is 5.60 Å². The molecule has 1 atom stereocenters. The number of hydrogen-bond acceptors (Lipinski definition) is 4. The summed E-state index contributed by atoms with van der Waals surface area (Å²) in [5, 5.41) is 18.6. The summed E-state index contributed by atoms with van der Waals surface area (Å²) < 4.78 is 1.20. The third kappa shape index (κ3) is 2.10. The summed E-state index contributed by atoms with van der Waals surface area (Å²) in [4.78, 5) is 26.6. The van der Waals surface area contributed by atoms with Crippen molar-refractivity contribution in [1.82, 2.24) is 9.55 Å². The number of para-hydroxylation sites is 2. The smallest absolute Gasteiger partial charge is 0.337 e. The molecule has 0 spiro atoms. The van der Waals surface area contributed by atoms with Crippen LogP contribution in [0.4, 0.5) is 0 Å². The Bertz CT molecular complexity index is 660. The minimum atomic E-state index is -2.01. The molecule has 1 unspecified atom stereocenters. The highest BCUT2D eigenvalue weighted by Gasteiger charge is 2.31. The van der Waals surface area contributed by atoms with Crippen LogP contribution in [0.5, 0.6) is 0 Å². The normalized spacial score (nSPS) is 14.3. The van der Waals surface area contributed by atoms with Crippen LogP contribution < -0.4 is 5.56 Å². The molecule has 2 aromatic rings. The molecule has 18 heavy (non-hydrogen) atoms. The molecule has 1 aromatic carbocycles. The first kappa shape index (κ1) is 12.3. The van der Waals surface area contributed by atoms with Crippen molar-refractivity contribution >= 4 is 17.0 Å². The van der Waals surface area contributed by atoms with Crippen LogP contribution in [0, 0.1) is 0 Å². The third-order valence-electron chi connectivity index (χ3n) is 2.68. The van der Waals surface area contributed by atoms with Crippen molar-refractivity contribution in [2.75, 3.05) is 0 Å². The van der Waals surface area contributed by atoms with Crippen molar-refractivity contribution in [3.05, 3.63) is 40.8 Å². The van der Waals surface area contributed by atoms with E-state index in [1.807, 2.05) is 0 Å². The number of carboxylic acids is 1. The van der Waals surface area contributed by atoms with E-state index < -0.39 is 17.1 Å². The lowest BCUT2D eigenvalue weighted by atomic mass is 10.1. The largest absolute Gasteiger partial charge is 0.479 e. The molecule has 0 aliphatic carbocycles. The van der Waals surface area contributed by atoms with E-state index in [1.54, 1.807) is 24.3 Å². The Kier molecular flexibility index (Phi) is 2.88. The van der Waals surface area contributed by atoms with E-state index >= 15 is 0 Å². The lowest BCUT2D eigenvalue weighted by Crippen LogP contribution is -2.42. The highest BCUT2D eigenvalue weighted by atomic mass is 16.4. The summed E-state index contributed by atoms with van der Waals surface area (Å²) in [7, 11) is 0. The number of carbonyl (C=O) groups is 1. The highest BCUT2D eigenvalue weighted by molar-refractivity contribution is 5.78. The van der Waals surface area contributed by atoms with E-state index in [0.717, 1.165) is 13.1 Å². The molecular formula is C12H12N2O4. The van der Waals surface area contributed by atoms with Crippen LogP contribution in [0.1, 0.15) is 6.92 Å². The average molecular weight is 248 g/mol. The molecule has 2 rings (SSSR count). The van der Waals surface area contributed by atoms with Gasteiger partial charge >= 0.3 is 5.97 Å². The third-order valence-corrected chi connectivity index (χ3v) is 2.68. The van der Waals surface area contributed by atoms with E-state index in [9.17, 15) is 14.7 Å². The summed E-state index contributed by atoms with van der Waals surface area (Å²) in [6, 6.07) is 6.84. The van der Waals surface area contributed by atoms with Gasteiger partial charge in [0.1, 0.15) is 0 Å². The molecule has 0 saturated carbocycles. The van der Waals surface area contributed by atoms with Crippen LogP contribution in [0.3, 0.4) is 0 Å². The molecule has 0 radical (unpaired) electrons. The van der Waals surface area contributed by atoms with Gasteiger partial charge in [-0.05, 0) is 19.1 Å². The van der Waals surface area contributed by atoms with E-state index in [4.69, 9.17) is 5.11 Å². The minimum absolute atomic E-state index is 0.329. The zero-order valence-electron chi connectivity index (χ0n) is 9.70. The maximum atomic E-state index is 11.7. The maximum Gasteiger partial charge on any atom is 0.337 e. The van der Waals surface area contributed by atoms with Gasteiger partial charge in [-0.15, -0.1) is 0 Å². The van der Waals surface area contributed by atoms with Crippen LogP contribution in [0.2, 0.25) is 0 Å². The Morgan fingerprint density at radius 2 is 2.11 bits per heavy atom. The fourth-order valence-electron chi connectivity index (χ4n) is 1.65. The van der Waals surface area contributed by atoms with E-state index in [0.29, 0.717) is 11.0 Å². The van der Waals surface area contributed by atoms with Gasteiger partial charge in [-0.2, -0.15) is 0 Å². The van der Waals surface area contributed by atoms with Crippen LogP contribution in [-0.2, 0) is 11.3 Å². The molecule has 1 heterocycles.